The molecule has 1 heterocycles. The summed E-state index contributed by atoms with van der Waals surface area (Å²) < 4.78 is 5.75. The van der Waals surface area contributed by atoms with Crippen LogP contribution in [0.5, 0.6) is 0 Å². The Morgan fingerprint density at radius 1 is 1.16 bits per heavy atom. The lowest BCUT2D eigenvalue weighted by Crippen LogP contribution is -2.37. The Bertz CT molecular complexity index is 851. The summed E-state index contributed by atoms with van der Waals surface area (Å²) in [5, 5.41) is 4.16. The first-order valence-electron chi connectivity index (χ1n) is 8.17. The summed E-state index contributed by atoms with van der Waals surface area (Å²) in [7, 11) is 0. The van der Waals surface area contributed by atoms with Gasteiger partial charge in [0, 0.05) is 18.0 Å². The second-order valence-electron chi connectivity index (χ2n) is 5.91. The summed E-state index contributed by atoms with van der Waals surface area (Å²) >= 11 is 0. The van der Waals surface area contributed by atoms with Crippen LogP contribution in [0.1, 0.15) is 24.2 Å². The predicted octanol–water partition coefficient (Wildman–Crippen LogP) is 3.16. The number of amides is 1. The summed E-state index contributed by atoms with van der Waals surface area (Å²) in [4.78, 5) is 12.1. The zero-order chi connectivity index (χ0) is 17.6. The molecular formula is C20H21N3O2. The van der Waals surface area contributed by atoms with E-state index in [4.69, 9.17) is 10.3 Å². The highest BCUT2D eigenvalue weighted by Gasteiger charge is 2.12. The van der Waals surface area contributed by atoms with Gasteiger partial charge in [0.2, 0.25) is 0 Å². The van der Waals surface area contributed by atoms with Crippen molar-refractivity contribution in [2.75, 3.05) is 6.54 Å². The number of fused-ring (bicyclic) bond motifs is 1. The van der Waals surface area contributed by atoms with Crippen molar-refractivity contribution in [3.05, 3.63) is 77.7 Å². The fourth-order valence-electron chi connectivity index (χ4n) is 2.65. The van der Waals surface area contributed by atoms with Gasteiger partial charge in [0.1, 0.15) is 17.0 Å². The van der Waals surface area contributed by atoms with E-state index in [1.165, 1.54) is 5.56 Å². The Kier molecular flexibility index (Phi) is 5.16. The van der Waals surface area contributed by atoms with Gasteiger partial charge in [-0.25, -0.2) is 5.84 Å². The molecule has 1 aromatic heterocycles. The van der Waals surface area contributed by atoms with Crippen molar-refractivity contribution >= 4 is 23.0 Å². The maximum Gasteiger partial charge on any atom is 0.281 e. The minimum absolute atomic E-state index is 0.242. The first-order valence-corrected chi connectivity index (χ1v) is 8.17. The molecule has 2 aromatic carbocycles. The predicted molar refractivity (Wildman–Crippen MR) is 99.4 cm³/mol. The molecule has 0 radical (unpaired) electrons. The highest BCUT2D eigenvalue weighted by atomic mass is 16.3. The number of nitrogens with one attached hydrogen (secondary N) is 2. The molecule has 128 valence electrons. The summed E-state index contributed by atoms with van der Waals surface area (Å²) in [5.41, 5.74) is 4.51. The standard InChI is InChI=1S/C20H21N3O2/c1-14(15-7-3-2-4-8-15)13-22-18(20(24)23-21)12-17-11-16-9-5-6-10-19(16)25-17/h2-12,14,22H,13,21H2,1H3,(H,23,24)/b18-12+. The molecule has 0 saturated heterocycles. The van der Waals surface area contributed by atoms with Gasteiger partial charge in [-0.05, 0) is 23.6 Å². The second-order valence-corrected chi connectivity index (χ2v) is 5.91. The average molecular weight is 335 g/mol. The van der Waals surface area contributed by atoms with E-state index in [0.717, 1.165) is 11.0 Å². The molecule has 3 aromatic rings. The summed E-state index contributed by atoms with van der Waals surface area (Å²) in [6.07, 6.45) is 1.67. The van der Waals surface area contributed by atoms with Gasteiger partial charge in [0.05, 0.1) is 0 Å². The maximum absolute atomic E-state index is 12.1. The van der Waals surface area contributed by atoms with Crippen LogP contribution in [0, 0.1) is 0 Å². The normalized spacial score (nSPS) is 12.8. The SMILES string of the molecule is CC(CN/C(=C/c1cc2ccccc2o1)C(=O)NN)c1ccccc1. The summed E-state index contributed by atoms with van der Waals surface area (Å²) in [6, 6.07) is 19.7. The number of carbonyl (C=O) groups is 1. The van der Waals surface area contributed by atoms with Crippen molar-refractivity contribution < 1.29 is 9.21 Å². The summed E-state index contributed by atoms with van der Waals surface area (Å²) in [5.74, 6) is 5.76. The van der Waals surface area contributed by atoms with Crippen molar-refractivity contribution in [1.82, 2.24) is 10.7 Å². The average Bonchev–Trinajstić information content (AvgIpc) is 3.07. The lowest BCUT2D eigenvalue weighted by molar-refractivity contribution is -0.117. The lowest BCUT2D eigenvalue weighted by atomic mass is 10.0. The highest BCUT2D eigenvalue weighted by Crippen LogP contribution is 2.21. The van der Waals surface area contributed by atoms with Crippen LogP contribution in [-0.4, -0.2) is 12.5 Å². The van der Waals surface area contributed by atoms with Crippen molar-refractivity contribution in [1.29, 1.82) is 0 Å². The van der Waals surface area contributed by atoms with Crippen molar-refractivity contribution in [2.45, 2.75) is 12.8 Å². The minimum atomic E-state index is -0.388. The van der Waals surface area contributed by atoms with Gasteiger partial charge in [-0.3, -0.25) is 10.2 Å². The van der Waals surface area contributed by atoms with Gasteiger partial charge < -0.3 is 9.73 Å². The molecule has 0 aliphatic rings. The summed E-state index contributed by atoms with van der Waals surface area (Å²) in [6.45, 7) is 2.70. The van der Waals surface area contributed by atoms with Gasteiger partial charge in [0.25, 0.3) is 5.91 Å². The highest BCUT2D eigenvalue weighted by molar-refractivity contribution is 5.97. The van der Waals surface area contributed by atoms with Gasteiger partial charge >= 0.3 is 0 Å². The number of benzene rings is 2. The molecule has 0 bridgehead atoms. The molecule has 0 spiro atoms. The van der Waals surface area contributed by atoms with Crippen LogP contribution in [0.2, 0.25) is 0 Å². The number of rotatable bonds is 6. The molecule has 5 nitrogen and oxygen atoms in total. The van der Waals surface area contributed by atoms with E-state index in [1.807, 2.05) is 48.5 Å². The molecule has 0 saturated carbocycles. The van der Waals surface area contributed by atoms with Crippen LogP contribution in [-0.2, 0) is 4.79 Å². The second kappa shape index (κ2) is 7.68. The largest absolute Gasteiger partial charge is 0.457 e. The van der Waals surface area contributed by atoms with E-state index in [0.29, 0.717) is 18.0 Å². The number of hydrogen-bond acceptors (Lipinski definition) is 4. The molecule has 5 heteroatoms. The smallest absolute Gasteiger partial charge is 0.281 e. The zero-order valence-corrected chi connectivity index (χ0v) is 14.0. The van der Waals surface area contributed by atoms with Gasteiger partial charge in [-0.2, -0.15) is 0 Å². The van der Waals surface area contributed by atoms with Crippen LogP contribution >= 0.6 is 0 Å². The van der Waals surface area contributed by atoms with Crippen molar-refractivity contribution in [3.8, 4) is 0 Å². The van der Waals surface area contributed by atoms with E-state index >= 15 is 0 Å². The fourth-order valence-corrected chi connectivity index (χ4v) is 2.65. The number of hydrazine groups is 1. The van der Waals surface area contributed by atoms with Crippen LogP contribution in [0.15, 0.2) is 70.8 Å². The van der Waals surface area contributed by atoms with E-state index in [9.17, 15) is 4.79 Å². The molecular weight excluding hydrogens is 314 g/mol. The molecule has 0 fully saturated rings. The number of para-hydroxylation sites is 1. The molecule has 3 rings (SSSR count). The Hall–Kier alpha value is -3.05. The first kappa shape index (κ1) is 16.8. The minimum Gasteiger partial charge on any atom is -0.457 e. The molecule has 1 atom stereocenters. The Labute approximate surface area is 146 Å². The van der Waals surface area contributed by atoms with Gasteiger partial charge in [-0.1, -0.05) is 55.5 Å². The Morgan fingerprint density at radius 2 is 1.88 bits per heavy atom. The molecule has 1 amide bonds. The van der Waals surface area contributed by atoms with Gasteiger partial charge in [-0.15, -0.1) is 0 Å². The third-order valence-electron chi connectivity index (χ3n) is 4.07. The number of furan rings is 1. The van der Waals surface area contributed by atoms with Crippen molar-refractivity contribution in [2.24, 2.45) is 5.84 Å². The third-order valence-corrected chi connectivity index (χ3v) is 4.07. The number of nitrogens with two attached hydrogens (primary N) is 1. The molecule has 4 N–H and O–H groups in total. The number of carbonyl (C=O) groups excluding carboxylic acids is 1. The van der Waals surface area contributed by atoms with Gasteiger partial charge in [0.15, 0.2) is 0 Å². The van der Waals surface area contributed by atoms with E-state index < -0.39 is 0 Å². The quantitative estimate of drug-likeness (QED) is 0.280. The van der Waals surface area contributed by atoms with Crippen molar-refractivity contribution in [3.63, 3.8) is 0 Å². The van der Waals surface area contributed by atoms with E-state index in [2.05, 4.69) is 29.8 Å². The molecule has 25 heavy (non-hydrogen) atoms. The third kappa shape index (κ3) is 4.08. The fraction of sp³-hybridized carbons (Fsp3) is 0.150. The number of hydrogen-bond donors (Lipinski definition) is 3. The van der Waals surface area contributed by atoms with Crippen LogP contribution in [0.4, 0.5) is 0 Å². The molecule has 1 unspecified atom stereocenters. The lowest BCUT2D eigenvalue weighted by Gasteiger charge is -2.15. The molecule has 0 aliphatic carbocycles. The maximum atomic E-state index is 12.1. The first-order chi connectivity index (χ1) is 12.2. The Balaban J connectivity index is 1.78. The van der Waals surface area contributed by atoms with E-state index in [1.54, 1.807) is 6.08 Å². The zero-order valence-electron chi connectivity index (χ0n) is 14.0. The topological polar surface area (TPSA) is 80.3 Å². The van der Waals surface area contributed by atoms with Crippen LogP contribution in [0.3, 0.4) is 0 Å². The molecule has 0 aliphatic heterocycles. The monoisotopic (exact) mass is 335 g/mol. The van der Waals surface area contributed by atoms with E-state index in [-0.39, 0.29) is 11.8 Å². The van der Waals surface area contributed by atoms with Crippen LogP contribution in [0.25, 0.3) is 17.0 Å². The Morgan fingerprint density at radius 3 is 2.60 bits per heavy atom. The van der Waals surface area contributed by atoms with Crippen LogP contribution < -0.4 is 16.6 Å².